The second kappa shape index (κ2) is 9.36. The van der Waals surface area contributed by atoms with Crippen molar-refractivity contribution in [3.05, 3.63) is 30.6 Å². The number of primary amides is 1. The lowest BCUT2D eigenvalue weighted by Crippen LogP contribution is -2.48. The first-order valence-electron chi connectivity index (χ1n) is 12.5. The standard InChI is InChI=1S/C26H33N5O4/c1-35-22-14-20(6-7-21(22)19-15-28-29-16-19)31-13-10-26(25(31)34)8-11-30(12-9-26)24(33)18-4-2-17(3-5-18)23(27)32/h6-7,14-18H,2-5,8-13H2,1H3,(H2,27,32)(H,28,29). The van der Waals surface area contributed by atoms with Crippen molar-refractivity contribution in [3.8, 4) is 16.9 Å². The zero-order chi connectivity index (χ0) is 24.6. The van der Waals surface area contributed by atoms with Gasteiger partial charge in [-0.3, -0.25) is 19.5 Å². The number of likely N-dealkylation sites (tertiary alicyclic amines) is 1. The van der Waals surface area contributed by atoms with Gasteiger partial charge in [0.15, 0.2) is 0 Å². The van der Waals surface area contributed by atoms with Crippen molar-refractivity contribution in [2.75, 3.05) is 31.6 Å². The molecule has 2 aliphatic heterocycles. The molecule has 0 unspecified atom stereocenters. The first kappa shape index (κ1) is 23.4. The summed E-state index contributed by atoms with van der Waals surface area (Å²) in [5.74, 6) is 0.627. The van der Waals surface area contributed by atoms with Gasteiger partial charge in [0.25, 0.3) is 0 Å². The normalized spacial score (nSPS) is 24.1. The smallest absolute Gasteiger partial charge is 0.233 e. The highest BCUT2D eigenvalue weighted by Crippen LogP contribution is 2.45. The quantitative estimate of drug-likeness (QED) is 0.683. The molecule has 3 aliphatic rings. The lowest BCUT2D eigenvalue weighted by Gasteiger charge is -2.40. The minimum Gasteiger partial charge on any atom is -0.496 e. The Balaban J connectivity index is 1.22. The van der Waals surface area contributed by atoms with E-state index in [2.05, 4.69) is 10.2 Å². The molecule has 5 rings (SSSR count). The maximum atomic E-state index is 13.6. The fourth-order valence-electron chi connectivity index (χ4n) is 6.05. The van der Waals surface area contributed by atoms with Crippen molar-refractivity contribution < 1.29 is 19.1 Å². The topological polar surface area (TPSA) is 122 Å². The molecule has 9 nitrogen and oxygen atoms in total. The van der Waals surface area contributed by atoms with Crippen molar-refractivity contribution in [3.63, 3.8) is 0 Å². The number of H-pyrrole nitrogens is 1. The average molecular weight is 480 g/mol. The monoisotopic (exact) mass is 479 g/mol. The number of anilines is 1. The first-order chi connectivity index (χ1) is 16.9. The molecule has 9 heteroatoms. The van der Waals surface area contributed by atoms with Crippen LogP contribution in [0, 0.1) is 17.3 Å². The van der Waals surface area contributed by atoms with E-state index >= 15 is 0 Å². The fourth-order valence-corrected chi connectivity index (χ4v) is 6.05. The van der Waals surface area contributed by atoms with Crippen LogP contribution in [0.2, 0.25) is 0 Å². The first-order valence-corrected chi connectivity index (χ1v) is 12.5. The van der Waals surface area contributed by atoms with Crippen LogP contribution in [0.15, 0.2) is 30.6 Å². The zero-order valence-corrected chi connectivity index (χ0v) is 20.2. The lowest BCUT2D eigenvalue weighted by molar-refractivity contribution is -0.142. The summed E-state index contributed by atoms with van der Waals surface area (Å²) in [4.78, 5) is 41.9. The van der Waals surface area contributed by atoms with E-state index in [0.29, 0.717) is 51.1 Å². The van der Waals surface area contributed by atoms with Crippen molar-refractivity contribution in [1.82, 2.24) is 15.1 Å². The van der Waals surface area contributed by atoms with Crippen LogP contribution in [0.25, 0.3) is 11.1 Å². The maximum Gasteiger partial charge on any atom is 0.233 e. The number of methoxy groups -OCH3 is 1. The number of aromatic nitrogens is 2. The van der Waals surface area contributed by atoms with Crippen LogP contribution in [-0.4, -0.2) is 59.6 Å². The minimum atomic E-state index is -0.406. The van der Waals surface area contributed by atoms with Crippen molar-refractivity contribution in [2.24, 2.45) is 23.0 Å². The van der Waals surface area contributed by atoms with E-state index in [1.165, 1.54) is 0 Å². The van der Waals surface area contributed by atoms with Crippen LogP contribution in [0.5, 0.6) is 5.75 Å². The predicted molar refractivity (Wildman–Crippen MR) is 130 cm³/mol. The van der Waals surface area contributed by atoms with Gasteiger partial charge in [0, 0.05) is 60.5 Å². The van der Waals surface area contributed by atoms with E-state index in [0.717, 1.165) is 36.1 Å². The van der Waals surface area contributed by atoms with Gasteiger partial charge in [0.2, 0.25) is 17.7 Å². The van der Waals surface area contributed by atoms with E-state index in [1.807, 2.05) is 34.2 Å². The van der Waals surface area contributed by atoms with Gasteiger partial charge in [-0.1, -0.05) is 0 Å². The Bertz CT molecular complexity index is 1100. The summed E-state index contributed by atoms with van der Waals surface area (Å²) < 4.78 is 5.61. The second-order valence-corrected chi connectivity index (χ2v) is 10.1. The van der Waals surface area contributed by atoms with Gasteiger partial charge in [-0.15, -0.1) is 0 Å². The largest absolute Gasteiger partial charge is 0.496 e. The molecule has 0 radical (unpaired) electrons. The molecule has 1 spiro atoms. The molecule has 1 aromatic carbocycles. The molecule has 3 heterocycles. The molecule has 2 saturated heterocycles. The summed E-state index contributed by atoms with van der Waals surface area (Å²) in [6, 6.07) is 5.84. The average Bonchev–Trinajstić information content (AvgIpc) is 3.53. The number of benzene rings is 1. The number of rotatable bonds is 5. The van der Waals surface area contributed by atoms with Crippen LogP contribution in [0.1, 0.15) is 44.9 Å². The Morgan fingerprint density at radius 1 is 1.09 bits per heavy atom. The van der Waals surface area contributed by atoms with Gasteiger partial charge in [-0.25, -0.2) is 0 Å². The summed E-state index contributed by atoms with van der Waals surface area (Å²) >= 11 is 0. The second-order valence-electron chi connectivity index (χ2n) is 10.1. The molecule has 3 fully saturated rings. The number of aromatic amines is 1. The number of carbonyl (C=O) groups is 3. The molecule has 35 heavy (non-hydrogen) atoms. The Hall–Kier alpha value is -3.36. The highest BCUT2D eigenvalue weighted by atomic mass is 16.5. The van der Waals surface area contributed by atoms with Gasteiger partial charge >= 0.3 is 0 Å². The van der Waals surface area contributed by atoms with Crippen LogP contribution >= 0.6 is 0 Å². The number of hydrogen-bond acceptors (Lipinski definition) is 5. The van der Waals surface area contributed by atoms with Gasteiger partial charge < -0.3 is 20.3 Å². The summed E-state index contributed by atoms with van der Waals surface area (Å²) in [5.41, 5.74) is 7.70. The number of nitrogens with one attached hydrogen (secondary N) is 1. The Labute approximate surface area is 205 Å². The molecule has 2 aromatic rings. The highest BCUT2D eigenvalue weighted by molar-refractivity contribution is 6.00. The molecular weight excluding hydrogens is 446 g/mol. The van der Waals surface area contributed by atoms with Crippen LogP contribution in [0.3, 0.4) is 0 Å². The van der Waals surface area contributed by atoms with E-state index in [4.69, 9.17) is 10.5 Å². The minimum absolute atomic E-state index is 0.0309. The van der Waals surface area contributed by atoms with E-state index in [1.54, 1.807) is 13.3 Å². The van der Waals surface area contributed by atoms with Gasteiger partial charge in [0.05, 0.1) is 18.7 Å². The zero-order valence-electron chi connectivity index (χ0n) is 20.2. The van der Waals surface area contributed by atoms with E-state index in [-0.39, 0.29) is 29.6 Å². The fraction of sp³-hybridized carbons (Fsp3) is 0.538. The number of amides is 3. The molecule has 3 N–H and O–H groups in total. The van der Waals surface area contributed by atoms with Gasteiger partial charge in [0.1, 0.15) is 5.75 Å². The predicted octanol–water partition coefficient (Wildman–Crippen LogP) is 2.72. The van der Waals surface area contributed by atoms with Crippen molar-refractivity contribution in [2.45, 2.75) is 44.9 Å². The van der Waals surface area contributed by atoms with Crippen LogP contribution in [0.4, 0.5) is 5.69 Å². The molecular formula is C26H33N5O4. The summed E-state index contributed by atoms with van der Waals surface area (Å²) in [6.45, 7) is 1.88. The Morgan fingerprint density at radius 2 is 1.77 bits per heavy atom. The van der Waals surface area contributed by atoms with Crippen LogP contribution < -0.4 is 15.4 Å². The number of hydrogen-bond donors (Lipinski definition) is 2. The highest BCUT2D eigenvalue weighted by Gasteiger charge is 2.49. The third kappa shape index (κ3) is 4.28. The molecule has 1 aromatic heterocycles. The van der Waals surface area contributed by atoms with E-state index < -0.39 is 5.41 Å². The number of nitrogens with zero attached hydrogens (tertiary/aromatic N) is 3. The van der Waals surface area contributed by atoms with Crippen LogP contribution in [-0.2, 0) is 14.4 Å². The molecule has 186 valence electrons. The number of piperidine rings is 1. The Morgan fingerprint density at radius 3 is 2.40 bits per heavy atom. The third-order valence-corrected chi connectivity index (χ3v) is 8.33. The Kier molecular flexibility index (Phi) is 6.25. The summed E-state index contributed by atoms with van der Waals surface area (Å²) in [7, 11) is 1.63. The number of ether oxygens (including phenoxy) is 1. The third-order valence-electron chi connectivity index (χ3n) is 8.33. The van der Waals surface area contributed by atoms with Crippen molar-refractivity contribution in [1.29, 1.82) is 0 Å². The van der Waals surface area contributed by atoms with Crippen molar-refractivity contribution >= 4 is 23.4 Å². The maximum absolute atomic E-state index is 13.6. The van der Waals surface area contributed by atoms with Gasteiger partial charge in [-0.2, -0.15) is 5.10 Å². The summed E-state index contributed by atoms with van der Waals surface area (Å²) in [5, 5.41) is 6.83. The number of carbonyl (C=O) groups excluding carboxylic acids is 3. The molecule has 0 bridgehead atoms. The molecule has 0 atom stereocenters. The van der Waals surface area contributed by atoms with E-state index in [9.17, 15) is 14.4 Å². The lowest BCUT2D eigenvalue weighted by atomic mass is 9.76. The SMILES string of the molecule is COc1cc(N2CCC3(CCN(C(=O)C4CCC(C(N)=O)CC4)CC3)C2=O)ccc1-c1cn[nH]c1. The van der Waals surface area contributed by atoms with Gasteiger partial charge in [-0.05, 0) is 57.1 Å². The number of nitrogens with two attached hydrogens (primary N) is 1. The summed E-state index contributed by atoms with van der Waals surface area (Å²) in [6.07, 6.45) is 8.56. The molecule has 3 amide bonds. The molecule has 1 saturated carbocycles. The molecule has 1 aliphatic carbocycles.